The molecule has 1 amide bonds. The van der Waals surface area contributed by atoms with E-state index in [2.05, 4.69) is 10.3 Å². The fourth-order valence-electron chi connectivity index (χ4n) is 2.25. The van der Waals surface area contributed by atoms with E-state index < -0.39 is 0 Å². The van der Waals surface area contributed by atoms with Crippen molar-refractivity contribution in [2.45, 2.75) is 38.7 Å². The molecule has 2 aromatic rings. The first-order chi connectivity index (χ1) is 10.7. The van der Waals surface area contributed by atoms with Crippen LogP contribution in [0.3, 0.4) is 0 Å². The zero-order valence-electron chi connectivity index (χ0n) is 13.3. The van der Waals surface area contributed by atoms with Gasteiger partial charge in [0, 0.05) is 19.2 Å². The average molecular weight is 342 g/mol. The number of carbonyl (C=O) groups is 1. The van der Waals surface area contributed by atoms with E-state index in [0.717, 1.165) is 37.9 Å². The molecule has 0 aliphatic heterocycles. The number of hydrogen-bond donors (Lipinski definition) is 2. The van der Waals surface area contributed by atoms with Crippen LogP contribution in [0, 0.1) is 0 Å². The van der Waals surface area contributed by atoms with Crippen molar-refractivity contribution in [2.75, 3.05) is 19.0 Å². The molecule has 0 aliphatic rings. The number of nitrogens with zero attached hydrogens (tertiary/aromatic N) is 1. The SMILES string of the molecule is COCc1nc2cc(NC(=O)CCCCCCN)ccc2o1.Cl. The van der Waals surface area contributed by atoms with Crippen LogP contribution in [0.5, 0.6) is 0 Å². The predicted molar refractivity (Wildman–Crippen MR) is 92.7 cm³/mol. The monoisotopic (exact) mass is 341 g/mol. The summed E-state index contributed by atoms with van der Waals surface area (Å²) >= 11 is 0. The van der Waals surface area contributed by atoms with Gasteiger partial charge in [-0.3, -0.25) is 4.79 Å². The van der Waals surface area contributed by atoms with Gasteiger partial charge in [-0.15, -0.1) is 12.4 Å². The molecule has 0 bridgehead atoms. The molecule has 128 valence electrons. The molecule has 0 aliphatic carbocycles. The fourth-order valence-corrected chi connectivity index (χ4v) is 2.25. The van der Waals surface area contributed by atoms with Crippen LogP contribution < -0.4 is 11.1 Å². The summed E-state index contributed by atoms with van der Waals surface area (Å²) in [5, 5.41) is 2.89. The topological polar surface area (TPSA) is 90.4 Å². The molecule has 0 saturated heterocycles. The zero-order valence-corrected chi connectivity index (χ0v) is 14.2. The highest BCUT2D eigenvalue weighted by Gasteiger charge is 2.08. The summed E-state index contributed by atoms with van der Waals surface area (Å²) in [4.78, 5) is 16.2. The fraction of sp³-hybridized carbons (Fsp3) is 0.500. The predicted octanol–water partition coefficient (Wildman–Crippen LogP) is 3.24. The van der Waals surface area contributed by atoms with Crippen LogP contribution in [0.4, 0.5) is 5.69 Å². The molecule has 0 saturated carbocycles. The molecule has 1 heterocycles. The number of methoxy groups -OCH3 is 1. The van der Waals surface area contributed by atoms with E-state index in [1.54, 1.807) is 13.2 Å². The van der Waals surface area contributed by atoms with Gasteiger partial charge in [0.25, 0.3) is 0 Å². The Bertz CT molecular complexity index is 616. The molecule has 0 fully saturated rings. The summed E-state index contributed by atoms with van der Waals surface area (Å²) in [5.74, 6) is 0.550. The molecule has 1 aromatic heterocycles. The summed E-state index contributed by atoms with van der Waals surface area (Å²) in [7, 11) is 1.59. The molecule has 1 aromatic carbocycles. The third kappa shape index (κ3) is 6.17. The maximum atomic E-state index is 11.9. The van der Waals surface area contributed by atoms with E-state index in [9.17, 15) is 4.79 Å². The summed E-state index contributed by atoms with van der Waals surface area (Å²) in [6, 6.07) is 5.43. The van der Waals surface area contributed by atoms with E-state index in [1.165, 1.54) is 0 Å². The summed E-state index contributed by atoms with van der Waals surface area (Å²) in [6.45, 7) is 1.05. The summed E-state index contributed by atoms with van der Waals surface area (Å²) in [5.41, 5.74) is 7.57. The third-order valence-corrected chi connectivity index (χ3v) is 3.34. The number of benzene rings is 1. The van der Waals surface area contributed by atoms with Gasteiger partial charge in [0.05, 0.1) is 0 Å². The minimum atomic E-state index is 0. The number of aromatic nitrogens is 1. The standard InChI is InChI=1S/C16H23N3O3.ClH/c1-21-11-16-19-13-10-12(7-8-14(13)22-16)18-15(20)6-4-2-3-5-9-17;/h7-8,10H,2-6,9,11,17H2,1H3,(H,18,20);1H. The Morgan fingerprint density at radius 1 is 1.30 bits per heavy atom. The lowest BCUT2D eigenvalue weighted by Gasteiger charge is -2.04. The van der Waals surface area contributed by atoms with Crippen molar-refractivity contribution in [3.05, 3.63) is 24.1 Å². The van der Waals surface area contributed by atoms with Crippen LogP contribution in [0.15, 0.2) is 22.6 Å². The molecule has 0 atom stereocenters. The minimum absolute atomic E-state index is 0. The lowest BCUT2D eigenvalue weighted by molar-refractivity contribution is -0.116. The van der Waals surface area contributed by atoms with E-state index in [1.807, 2.05) is 12.1 Å². The number of anilines is 1. The number of nitrogens with two attached hydrogens (primary N) is 1. The van der Waals surface area contributed by atoms with Gasteiger partial charge in [-0.1, -0.05) is 12.8 Å². The number of amides is 1. The van der Waals surface area contributed by atoms with Crippen molar-refractivity contribution in [1.29, 1.82) is 0 Å². The Kier molecular flexibility index (Phi) is 8.61. The van der Waals surface area contributed by atoms with Crippen molar-refractivity contribution < 1.29 is 13.9 Å². The highest BCUT2D eigenvalue weighted by Crippen LogP contribution is 2.20. The maximum absolute atomic E-state index is 11.9. The van der Waals surface area contributed by atoms with Crippen molar-refractivity contribution in [3.8, 4) is 0 Å². The van der Waals surface area contributed by atoms with Crippen LogP contribution in [0.25, 0.3) is 11.1 Å². The third-order valence-electron chi connectivity index (χ3n) is 3.34. The van der Waals surface area contributed by atoms with Crippen molar-refractivity contribution >= 4 is 35.1 Å². The van der Waals surface area contributed by atoms with Gasteiger partial charge >= 0.3 is 0 Å². The number of oxazole rings is 1. The maximum Gasteiger partial charge on any atom is 0.224 e. The molecule has 0 radical (unpaired) electrons. The molecule has 3 N–H and O–H groups in total. The first-order valence-electron chi connectivity index (χ1n) is 7.61. The van der Waals surface area contributed by atoms with Crippen molar-refractivity contribution in [2.24, 2.45) is 5.73 Å². The van der Waals surface area contributed by atoms with Crippen molar-refractivity contribution in [1.82, 2.24) is 4.98 Å². The summed E-state index contributed by atoms with van der Waals surface area (Å²) in [6.07, 6.45) is 4.55. The molecule has 0 spiro atoms. The number of ether oxygens (including phenoxy) is 1. The number of rotatable bonds is 9. The van der Waals surface area contributed by atoms with E-state index in [-0.39, 0.29) is 18.3 Å². The van der Waals surface area contributed by atoms with Gasteiger partial charge in [-0.2, -0.15) is 0 Å². The number of nitrogens with one attached hydrogen (secondary N) is 1. The summed E-state index contributed by atoms with van der Waals surface area (Å²) < 4.78 is 10.5. The Balaban J connectivity index is 0.00000264. The van der Waals surface area contributed by atoms with Gasteiger partial charge in [0.2, 0.25) is 11.8 Å². The van der Waals surface area contributed by atoms with Gasteiger partial charge in [0.15, 0.2) is 5.58 Å². The molecular weight excluding hydrogens is 318 g/mol. The highest BCUT2D eigenvalue weighted by atomic mass is 35.5. The Morgan fingerprint density at radius 3 is 2.83 bits per heavy atom. The second-order valence-corrected chi connectivity index (χ2v) is 5.22. The van der Waals surface area contributed by atoms with Crippen molar-refractivity contribution in [3.63, 3.8) is 0 Å². The smallest absolute Gasteiger partial charge is 0.224 e. The highest BCUT2D eigenvalue weighted by molar-refractivity contribution is 5.92. The number of fused-ring (bicyclic) bond motifs is 1. The average Bonchev–Trinajstić information content (AvgIpc) is 2.89. The first-order valence-corrected chi connectivity index (χ1v) is 7.61. The number of halogens is 1. The number of hydrogen-bond acceptors (Lipinski definition) is 5. The van der Waals surface area contributed by atoms with Crippen LogP contribution >= 0.6 is 12.4 Å². The van der Waals surface area contributed by atoms with E-state index in [4.69, 9.17) is 14.9 Å². The van der Waals surface area contributed by atoms with Gasteiger partial charge in [0.1, 0.15) is 12.1 Å². The molecule has 0 unspecified atom stereocenters. The zero-order chi connectivity index (χ0) is 15.8. The molecule has 6 nitrogen and oxygen atoms in total. The largest absolute Gasteiger partial charge is 0.438 e. The lowest BCUT2D eigenvalue weighted by Crippen LogP contribution is -2.11. The second-order valence-electron chi connectivity index (χ2n) is 5.22. The molecule has 23 heavy (non-hydrogen) atoms. The van der Waals surface area contributed by atoms with Gasteiger partial charge in [-0.05, 0) is 37.6 Å². The molecule has 2 rings (SSSR count). The number of unbranched alkanes of at least 4 members (excludes halogenated alkanes) is 3. The Hall–Kier alpha value is -1.63. The van der Waals surface area contributed by atoms with Gasteiger partial charge in [-0.25, -0.2) is 4.98 Å². The van der Waals surface area contributed by atoms with E-state index >= 15 is 0 Å². The van der Waals surface area contributed by atoms with E-state index in [0.29, 0.717) is 30.0 Å². The van der Waals surface area contributed by atoms with Crippen LogP contribution in [-0.2, 0) is 16.1 Å². The van der Waals surface area contributed by atoms with Crippen LogP contribution in [-0.4, -0.2) is 24.5 Å². The van der Waals surface area contributed by atoms with Crippen LogP contribution in [0.1, 0.15) is 38.0 Å². The van der Waals surface area contributed by atoms with Gasteiger partial charge < -0.3 is 20.2 Å². The van der Waals surface area contributed by atoms with Crippen LogP contribution in [0.2, 0.25) is 0 Å². The molecular formula is C16H24ClN3O3. The molecule has 7 heteroatoms. The Morgan fingerprint density at radius 2 is 2.09 bits per heavy atom. The quantitative estimate of drug-likeness (QED) is 0.683. The normalized spacial score (nSPS) is 10.5. The number of carbonyl (C=O) groups excluding carboxylic acids is 1. The Labute approximate surface area is 142 Å². The lowest BCUT2D eigenvalue weighted by atomic mass is 10.1. The minimum Gasteiger partial charge on any atom is -0.438 e. The first kappa shape index (κ1) is 19.4. The second kappa shape index (κ2) is 10.2.